The van der Waals surface area contributed by atoms with Gasteiger partial charge in [0, 0.05) is 5.92 Å². The van der Waals surface area contributed by atoms with Gasteiger partial charge in [-0.05, 0) is 38.0 Å². The van der Waals surface area contributed by atoms with Crippen molar-refractivity contribution in [3.8, 4) is 0 Å². The molecule has 1 unspecified atom stereocenters. The zero-order chi connectivity index (χ0) is 14.0. The predicted molar refractivity (Wildman–Crippen MR) is 72.1 cm³/mol. The average Bonchev–Trinajstić information content (AvgIpc) is 3.10. The molecule has 1 saturated carbocycles. The van der Waals surface area contributed by atoms with Crippen LogP contribution in [-0.2, 0) is 11.2 Å². The lowest BCUT2D eigenvalue weighted by molar-refractivity contribution is 0.0485. The van der Waals surface area contributed by atoms with Crippen LogP contribution in [0.4, 0.5) is 0 Å². The van der Waals surface area contributed by atoms with Gasteiger partial charge in [0.15, 0.2) is 5.89 Å². The lowest BCUT2D eigenvalue weighted by Crippen LogP contribution is -2.08. The van der Waals surface area contributed by atoms with Crippen molar-refractivity contribution in [2.24, 2.45) is 11.8 Å². The van der Waals surface area contributed by atoms with Crippen LogP contribution < -0.4 is 0 Å². The molecular weight excluding hydrogens is 242 g/mol. The Hall–Kier alpha value is -1.32. The molecule has 0 bridgehead atoms. The number of hydrogen-bond donors (Lipinski definition) is 0. The van der Waals surface area contributed by atoms with Gasteiger partial charge >= 0.3 is 5.97 Å². The highest BCUT2D eigenvalue weighted by Crippen LogP contribution is 2.42. The molecule has 4 nitrogen and oxygen atoms in total. The molecule has 0 aliphatic heterocycles. The summed E-state index contributed by atoms with van der Waals surface area (Å²) in [4.78, 5) is 16.5. The van der Waals surface area contributed by atoms with E-state index >= 15 is 0 Å². The normalized spacial score (nSPS) is 16.7. The van der Waals surface area contributed by atoms with E-state index in [4.69, 9.17) is 9.15 Å². The number of ether oxygens (including phenoxy) is 1. The van der Waals surface area contributed by atoms with Crippen LogP contribution in [0.3, 0.4) is 0 Å². The third-order valence-electron chi connectivity index (χ3n) is 3.49. The monoisotopic (exact) mass is 265 g/mol. The largest absolute Gasteiger partial charge is 0.460 e. The molecule has 4 heteroatoms. The predicted octanol–water partition coefficient (Wildman–Crippen LogP) is 3.56. The summed E-state index contributed by atoms with van der Waals surface area (Å²) in [5, 5.41) is 0. The maximum absolute atomic E-state index is 11.9. The number of nitrogens with zero attached hydrogens (tertiary/aromatic N) is 1. The van der Waals surface area contributed by atoms with Crippen molar-refractivity contribution in [3.05, 3.63) is 17.3 Å². The van der Waals surface area contributed by atoms with Gasteiger partial charge in [0.05, 0.1) is 12.3 Å². The summed E-state index contributed by atoms with van der Waals surface area (Å²) in [6.07, 6.45) is 3.21. The second-order valence-corrected chi connectivity index (χ2v) is 5.77. The molecule has 19 heavy (non-hydrogen) atoms. The van der Waals surface area contributed by atoms with Crippen LogP contribution >= 0.6 is 0 Å². The minimum atomic E-state index is -0.389. The SMILES string of the molecule is CCOC(=O)c1oc(C(C)C2CC2)nc1CC(C)C. The van der Waals surface area contributed by atoms with Gasteiger partial charge in [-0.2, -0.15) is 0 Å². The minimum Gasteiger partial charge on any atom is -0.460 e. The van der Waals surface area contributed by atoms with Crippen molar-refractivity contribution in [1.82, 2.24) is 4.98 Å². The number of rotatable bonds is 6. The summed E-state index contributed by atoms with van der Waals surface area (Å²) >= 11 is 0. The second-order valence-electron chi connectivity index (χ2n) is 5.77. The van der Waals surface area contributed by atoms with E-state index in [-0.39, 0.29) is 5.97 Å². The number of carbonyl (C=O) groups is 1. The van der Waals surface area contributed by atoms with Crippen LogP contribution in [0.2, 0.25) is 0 Å². The number of oxazole rings is 1. The summed E-state index contributed by atoms with van der Waals surface area (Å²) < 4.78 is 10.8. The van der Waals surface area contributed by atoms with Gasteiger partial charge in [0.1, 0.15) is 0 Å². The summed E-state index contributed by atoms with van der Waals surface area (Å²) in [6.45, 7) is 8.48. The Morgan fingerprint density at radius 1 is 1.42 bits per heavy atom. The zero-order valence-corrected chi connectivity index (χ0v) is 12.2. The first-order valence-electron chi connectivity index (χ1n) is 7.19. The zero-order valence-electron chi connectivity index (χ0n) is 12.2. The molecule has 1 aliphatic rings. The number of aromatic nitrogens is 1. The highest BCUT2D eigenvalue weighted by molar-refractivity contribution is 5.87. The van der Waals surface area contributed by atoms with E-state index in [2.05, 4.69) is 25.8 Å². The quantitative estimate of drug-likeness (QED) is 0.738. The van der Waals surface area contributed by atoms with Gasteiger partial charge in [0.2, 0.25) is 5.76 Å². The molecule has 1 fully saturated rings. The Labute approximate surface area is 114 Å². The third-order valence-corrected chi connectivity index (χ3v) is 3.49. The van der Waals surface area contributed by atoms with Crippen molar-refractivity contribution >= 4 is 5.97 Å². The maximum Gasteiger partial charge on any atom is 0.376 e. The molecule has 1 aromatic heterocycles. The van der Waals surface area contributed by atoms with Crippen LogP contribution in [0.5, 0.6) is 0 Å². The maximum atomic E-state index is 11.9. The van der Waals surface area contributed by atoms with Crippen LogP contribution in [-0.4, -0.2) is 17.6 Å². The lowest BCUT2D eigenvalue weighted by Gasteiger charge is -2.03. The third kappa shape index (κ3) is 3.37. The lowest BCUT2D eigenvalue weighted by atomic mass is 10.1. The molecule has 0 spiro atoms. The molecule has 0 N–H and O–H groups in total. The number of carbonyl (C=O) groups excluding carboxylic acids is 1. The van der Waals surface area contributed by atoms with Crippen LogP contribution in [0, 0.1) is 11.8 Å². The topological polar surface area (TPSA) is 52.3 Å². The van der Waals surface area contributed by atoms with E-state index in [0.29, 0.717) is 36.0 Å². The molecule has 2 rings (SSSR count). The molecule has 0 aromatic carbocycles. The molecule has 106 valence electrons. The molecule has 1 aromatic rings. The smallest absolute Gasteiger partial charge is 0.376 e. The second kappa shape index (κ2) is 5.76. The van der Waals surface area contributed by atoms with Crippen LogP contribution in [0.25, 0.3) is 0 Å². The van der Waals surface area contributed by atoms with Gasteiger partial charge in [0.25, 0.3) is 0 Å². The highest BCUT2D eigenvalue weighted by Gasteiger charge is 2.34. The first-order valence-corrected chi connectivity index (χ1v) is 7.19. The van der Waals surface area contributed by atoms with Gasteiger partial charge in [-0.3, -0.25) is 0 Å². The highest BCUT2D eigenvalue weighted by atomic mass is 16.5. The van der Waals surface area contributed by atoms with E-state index in [1.165, 1.54) is 12.8 Å². The molecule has 0 saturated heterocycles. The molecule has 1 heterocycles. The Balaban J connectivity index is 2.24. The Morgan fingerprint density at radius 3 is 2.63 bits per heavy atom. The molecular formula is C15H23NO3. The van der Waals surface area contributed by atoms with Crippen LogP contribution in [0.15, 0.2) is 4.42 Å². The summed E-state index contributed by atoms with van der Waals surface area (Å²) in [5.41, 5.74) is 0.746. The van der Waals surface area contributed by atoms with Crippen molar-refractivity contribution in [1.29, 1.82) is 0 Å². The molecule has 0 radical (unpaired) electrons. The fraction of sp³-hybridized carbons (Fsp3) is 0.733. The molecule has 1 atom stereocenters. The fourth-order valence-electron chi connectivity index (χ4n) is 2.24. The van der Waals surface area contributed by atoms with Gasteiger partial charge < -0.3 is 9.15 Å². The van der Waals surface area contributed by atoms with Gasteiger partial charge in [-0.1, -0.05) is 20.8 Å². The van der Waals surface area contributed by atoms with Gasteiger partial charge in [-0.25, -0.2) is 9.78 Å². The minimum absolute atomic E-state index is 0.300. The number of esters is 1. The first kappa shape index (κ1) is 14.1. The fourth-order valence-corrected chi connectivity index (χ4v) is 2.24. The van der Waals surface area contributed by atoms with E-state index in [0.717, 1.165) is 12.1 Å². The van der Waals surface area contributed by atoms with Crippen molar-refractivity contribution < 1.29 is 13.9 Å². The Kier molecular flexibility index (Phi) is 4.27. The van der Waals surface area contributed by atoms with Crippen molar-refractivity contribution in [2.75, 3.05) is 6.61 Å². The van der Waals surface area contributed by atoms with E-state index < -0.39 is 0 Å². The standard InChI is InChI=1S/C15H23NO3/c1-5-18-15(17)13-12(8-9(2)3)16-14(19-13)10(4)11-6-7-11/h9-11H,5-8H2,1-4H3. The molecule has 0 amide bonds. The molecule has 1 aliphatic carbocycles. The van der Waals surface area contributed by atoms with Crippen molar-refractivity contribution in [3.63, 3.8) is 0 Å². The summed E-state index contributed by atoms with van der Waals surface area (Å²) in [7, 11) is 0. The Bertz CT molecular complexity index is 446. The number of hydrogen-bond acceptors (Lipinski definition) is 4. The van der Waals surface area contributed by atoms with Crippen molar-refractivity contribution in [2.45, 2.75) is 52.9 Å². The van der Waals surface area contributed by atoms with Crippen LogP contribution in [0.1, 0.15) is 68.6 Å². The van der Waals surface area contributed by atoms with Gasteiger partial charge in [-0.15, -0.1) is 0 Å². The van der Waals surface area contributed by atoms with E-state index in [1.54, 1.807) is 6.92 Å². The van der Waals surface area contributed by atoms with E-state index in [1.807, 2.05) is 0 Å². The van der Waals surface area contributed by atoms with E-state index in [9.17, 15) is 4.79 Å². The average molecular weight is 265 g/mol. The summed E-state index contributed by atoms with van der Waals surface area (Å²) in [6, 6.07) is 0. The first-order chi connectivity index (χ1) is 9.02. The Morgan fingerprint density at radius 2 is 2.11 bits per heavy atom. The summed E-state index contributed by atoms with van der Waals surface area (Å²) in [5.74, 6) is 2.01.